The molecule has 1 aromatic carbocycles. The van der Waals surface area contributed by atoms with Gasteiger partial charge >= 0.3 is 0 Å². The van der Waals surface area contributed by atoms with Crippen molar-refractivity contribution in [2.75, 3.05) is 46.5 Å². The number of aliphatic imine (C=N–C) groups is 1. The molecule has 1 N–H and O–H groups in total. The largest absolute Gasteiger partial charge is 0.491 e. The maximum atomic E-state index is 5.96. The predicted octanol–water partition coefficient (Wildman–Crippen LogP) is 2.37. The van der Waals surface area contributed by atoms with Crippen molar-refractivity contribution in [1.82, 2.24) is 10.2 Å². The van der Waals surface area contributed by atoms with Crippen LogP contribution >= 0.6 is 0 Å². The first-order valence-electron chi connectivity index (χ1n) is 8.86. The molecule has 0 aliphatic carbocycles. The second kappa shape index (κ2) is 7.43. The molecule has 0 saturated carbocycles. The number of rotatable bonds is 4. The van der Waals surface area contributed by atoms with Crippen LogP contribution in [0.2, 0.25) is 0 Å². The lowest BCUT2D eigenvalue weighted by Gasteiger charge is -2.25. The first-order valence-corrected chi connectivity index (χ1v) is 8.86. The number of likely N-dealkylation sites (tertiary alicyclic amines) is 1. The van der Waals surface area contributed by atoms with Crippen LogP contribution in [0.1, 0.15) is 24.0 Å². The Kier molecular flexibility index (Phi) is 5.29. The molecule has 1 atom stereocenters. The summed E-state index contributed by atoms with van der Waals surface area (Å²) in [5.74, 6) is 1.97. The standard InChI is InChI=1S/C19H29N3O2/c1-15-5-4-6-16(2)17(15)24-12-9-21-18(20-3)22-10-7-19(13-22)8-11-23-14-19/h4-6H,7-14H2,1-3H3,(H,20,21). The second-order valence-corrected chi connectivity index (χ2v) is 7.02. The molecule has 1 spiro atoms. The molecular formula is C19H29N3O2. The van der Waals surface area contributed by atoms with Crippen molar-refractivity contribution in [3.05, 3.63) is 29.3 Å². The van der Waals surface area contributed by atoms with E-state index in [4.69, 9.17) is 9.47 Å². The Labute approximate surface area is 145 Å². The lowest BCUT2D eigenvalue weighted by molar-refractivity contribution is 0.156. The molecule has 2 heterocycles. The highest BCUT2D eigenvalue weighted by atomic mass is 16.5. The van der Waals surface area contributed by atoms with Crippen molar-refractivity contribution in [2.45, 2.75) is 26.7 Å². The maximum absolute atomic E-state index is 5.96. The van der Waals surface area contributed by atoms with E-state index in [0.717, 1.165) is 44.6 Å². The third-order valence-electron chi connectivity index (χ3n) is 5.17. The van der Waals surface area contributed by atoms with E-state index in [9.17, 15) is 0 Å². The molecule has 1 aromatic rings. The monoisotopic (exact) mass is 331 g/mol. The minimum atomic E-state index is 0.354. The molecule has 2 saturated heterocycles. The number of benzene rings is 1. The quantitative estimate of drug-likeness (QED) is 0.523. The average Bonchev–Trinajstić information content (AvgIpc) is 3.20. The highest BCUT2D eigenvalue weighted by Crippen LogP contribution is 2.38. The molecule has 5 heteroatoms. The Bertz CT molecular complexity index is 574. The SMILES string of the molecule is CN=C(NCCOc1c(C)cccc1C)N1CCC2(CCOC2)C1. The number of hydrogen-bond acceptors (Lipinski definition) is 3. The number of nitrogens with zero attached hydrogens (tertiary/aromatic N) is 2. The maximum Gasteiger partial charge on any atom is 0.193 e. The normalized spacial score (nSPS) is 24.0. The molecule has 0 bridgehead atoms. The van der Waals surface area contributed by atoms with Gasteiger partial charge in [-0.2, -0.15) is 0 Å². The van der Waals surface area contributed by atoms with Crippen LogP contribution in [-0.2, 0) is 4.74 Å². The Morgan fingerprint density at radius 1 is 1.33 bits per heavy atom. The van der Waals surface area contributed by atoms with E-state index in [2.05, 4.69) is 47.3 Å². The van der Waals surface area contributed by atoms with Gasteiger partial charge in [0.25, 0.3) is 0 Å². The fraction of sp³-hybridized carbons (Fsp3) is 0.632. The van der Waals surface area contributed by atoms with E-state index in [-0.39, 0.29) is 0 Å². The Hall–Kier alpha value is -1.75. The number of ether oxygens (including phenoxy) is 2. The van der Waals surface area contributed by atoms with Gasteiger partial charge in [0.2, 0.25) is 0 Å². The first-order chi connectivity index (χ1) is 11.6. The molecule has 2 fully saturated rings. The number of para-hydroxylation sites is 1. The van der Waals surface area contributed by atoms with E-state index in [1.165, 1.54) is 24.0 Å². The minimum absolute atomic E-state index is 0.354. The van der Waals surface area contributed by atoms with Gasteiger partial charge in [0, 0.05) is 32.2 Å². The van der Waals surface area contributed by atoms with Gasteiger partial charge < -0.3 is 19.7 Å². The Morgan fingerprint density at radius 2 is 2.12 bits per heavy atom. The molecule has 0 amide bonds. The van der Waals surface area contributed by atoms with Crippen LogP contribution in [0.15, 0.2) is 23.2 Å². The Morgan fingerprint density at radius 3 is 2.79 bits per heavy atom. The lowest BCUT2D eigenvalue weighted by atomic mass is 9.87. The molecule has 1 unspecified atom stereocenters. The fourth-order valence-corrected chi connectivity index (χ4v) is 3.76. The van der Waals surface area contributed by atoms with Crippen molar-refractivity contribution in [2.24, 2.45) is 10.4 Å². The smallest absolute Gasteiger partial charge is 0.193 e. The third kappa shape index (κ3) is 3.66. The van der Waals surface area contributed by atoms with E-state index in [1.54, 1.807) is 0 Å². The van der Waals surface area contributed by atoms with Gasteiger partial charge in [0.05, 0.1) is 13.2 Å². The zero-order valence-electron chi connectivity index (χ0n) is 15.1. The van der Waals surface area contributed by atoms with Gasteiger partial charge in [-0.3, -0.25) is 4.99 Å². The van der Waals surface area contributed by atoms with E-state index < -0.39 is 0 Å². The molecule has 132 valence electrons. The van der Waals surface area contributed by atoms with Crippen molar-refractivity contribution >= 4 is 5.96 Å². The van der Waals surface area contributed by atoms with Crippen LogP contribution in [0.5, 0.6) is 5.75 Å². The molecule has 5 nitrogen and oxygen atoms in total. The van der Waals surface area contributed by atoms with Crippen LogP contribution in [0.3, 0.4) is 0 Å². The van der Waals surface area contributed by atoms with Crippen molar-refractivity contribution < 1.29 is 9.47 Å². The molecular weight excluding hydrogens is 302 g/mol. The zero-order valence-corrected chi connectivity index (χ0v) is 15.1. The summed E-state index contributed by atoms with van der Waals surface area (Å²) in [5, 5.41) is 3.44. The highest BCUT2D eigenvalue weighted by molar-refractivity contribution is 5.80. The molecule has 0 radical (unpaired) electrons. The Balaban J connectivity index is 1.47. The lowest BCUT2D eigenvalue weighted by Crippen LogP contribution is -2.42. The second-order valence-electron chi connectivity index (χ2n) is 7.02. The summed E-state index contributed by atoms with van der Waals surface area (Å²) in [6.07, 6.45) is 2.38. The summed E-state index contributed by atoms with van der Waals surface area (Å²) < 4.78 is 11.6. The summed E-state index contributed by atoms with van der Waals surface area (Å²) in [7, 11) is 1.85. The summed E-state index contributed by atoms with van der Waals surface area (Å²) in [6.45, 7) is 9.46. The summed E-state index contributed by atoms with van der Waals surface area (Å²) in [5.41, 5.74) is 2.72. The minimum Gasteiger partial charge on any atom is -0.491 e. The number of guanidine groups is 1. The number of aryl methyl sites for hydroxylation is 2. The van der Waals surface area contributed by atoms with Gasteiger partial charge in [0.1, 0.15) is 12.4 Å². The van der Waals surface area contributed by atoms with Crippen molar-refractivity contribution in [1.29, 1.82) is 0 Å². The molecule has 24 heavy (non-hydrogen) atoms. The van der Waals surface area contributed by atoms with Crippen LogP contribution in [-0.4, -0.2) is 57.4 Å². The van der Waals surface area contributed by atoms with Gasteiger partial charge in [-0.15, -0.1) is 0 Å². The highest BCUT2D eigenvalue weighted by Gasteiger charge is 2.42. The van der Waals surface area contributed by atoms with Crippen molar-refractivity contribution in [3.63, 3.8) is 0 Å². The summed E-state index contributed by atoms with van der Waals surface area (Å²) >= 11 is 0. The van der Waals surface area contributed by atoms with Gasteiger partial charge in [-0.25, -0.2) is 0 Å². The van der Waals surface area contributed by atoms with Gasteiger partial charge in [-0.1, -0.05) is 18.2 Å². The van der Waals surface area contributed by atoms with Crippen LogP contribution < -0.4 is 10.1 Å². The van der Waals surface area contributed by atoms with Gasteiger partial charge in [0.15, 0.2) is 5.96 Å². The fourth-order valence-electron chi connectivity index (χ4n) is 3.76. The van der Waals surface area contributed by atoms with E-state index in [0.29, 0.717) is 12.0 Å². The summed E-state index contributed by atoms with van der Waals surface area (Å²) in [4.78, 5) is 6.79. The van der Waals surface area contributed by atoms with Crippen LogP contribution in [0.4, 0.5) is 0 Å². The van der Waals surface area contributed by atoms with Crippen molar-refractivity contribution in [3.8, 4) is 5.75 Å². The molecule has 3 rings (SSSR count). The van der Waals surface area contributed by atoms with Crippen LogP contribution in [0, 0.1) is 19.3 Å². The molecule has 2 aliphatic rings. The number of nitrogens with one attached hydrogen (secondary N) is 1. The van der Waals surface area contributed by atoms with E-state index >= 15 is 0 Å². The topological polar surface area (TPSA) is 46.1 Å². The van der Waals surface area contributed by atoms with Crippen LogP contribution in [0.25, 0.3) is 0 Å². The van der Waals surface area contributed by atoms with E-state index in [1.807, 2.05) is 7.05 Å². The summed E-state index contributed by atoms with van der Waals surface area (Å²) in [6, 6.07) is 6.23. The number of hydrogen-bond donors (Lipinski definition) is 1. The third-order valence-corrected chi connectivity index (χ3v) is 5.17. The zero-order chi connectivity index (χ0) is 17.0. The average molecular weight is 331 g/mol. The van der Waals surface area contributed by atoms with Gasteiger partial charge in [-0.05, 0) is 37.8 Å². The molecule has 2 aliphatic heterocycles. The predicted molar refractivity (Wildman–Crippen MR) is 96.8 cm³/mol. The first kappa shape index (κ1) is 17.1. The molecule has 0 aromatic heterocycles.